The molecule has 0 saturated carbocycles. The second kappa shape index (κ2) is 3.17. The Morgan fingerprint density at radius 1 is 0.818 bits per heavy atom. The predicted molar refractivity (Wildman–Crippen MR) is 27.3 cm³/mol. The van der Waals surface area contributed by atoms with Gasteiger partial charge in [-0.25, -0.2) is 0 Å². The second-order valence-corrected chi connectivity index (χ2v) is 1.47. The molecule has 0 aliphatic carbocycles. The molecule has 2 aromatic rings. The molecule has 0 aliphatic rings. The summed E-state index contributed by atoms with van der Waals surface area (Å²) in [5, 5.41) is 25.7. The van der Waals surface area contributed by atoms with Crippen molar-refractivity contribution in [2.75, 3.05) is 0 Å². The van der Waals surface area contributed by atoms with Crippen LogP contribution in [0.1, 0.15) is 0 Å². The van der Waals surface area contributed by atoms with E-state index in [-0.39, 0.29) is 17.1 Å². The molecule has 11 heavy (non-hydrogen) atoms. The molecule has 9 heteroatoms. The van der Waals surface area contributed by atoms with E-state index in [0.717, 1.165) is 0 Å². The van der Waals surface area contributed by atoms with Crippen molar-refractivity contribution >= 4 is 0 Å². The van der Waals surface area contributed by atoms with Crippen molar-refractivity contribution in [1.29, 1.82) is 0 Å². The Labute approximate surface area is 70.6 Å². The smallest absolute Gasteiger partial charge is 0.177 e. The molecule has 0 aliphatic heterocycles. The quantitative estimate of drug-likeness (QED) is 0.526. The topological polar surface area (TPSA) is 109 Å². The van der Waals surface area contributed by atoms with Crippen LogP contribution in [0.5, 0.6) is 0 Å². The Morgan fingerprint density at radius 3 is 1.55 bits per heavy atom. The summed E-state index contributed by atoms with van der Waals surface area (Å²) in [6.45, 7) is 0. The molecule has 0 bridgehead atoms. The van der Waals surface area contributed by atoms with Crippen molar-refractivity contribution in [3.8, 4) is 11.6 Å². The maximum atomic E-state index is 3.63. The van der Waals surface area contributed by atoms with E-state index < -0.39 is 0 Å². The standard InChI is InChI=1S/C2H2N8.Mn/c3-1(4-8-7-3)2-5-9-10-6-2;/h(H,3,4,7,8)(H,5,6,9,10);. The van der Waals surface area contributed by atoms with E-state index in [1.54, 1.807) is 0 Å². The maximum Gasteiger partial charge on any atom is 0.245 e. The number of H-pyrrole nitrogens is 2. The van der Waals surface area contributed by atoms with Crippen molar-refractivity contribution < 1.29 is 17.1 Å². The minimum absolute atomic E-state index is 0. The summed E-state index contributed by atoms with van der Waals surface area (Å²) in [5.41, 5.74) is 0. The molecule has 2 N–H and O–H groups in total. The first kappa shape index (κ1) is 7.76. The average molecular weight is 193 g/mol. The molecule has 0 saturated heterocycles. The van der Waals surface area contributed by atoms with Crippen molar-refractivity contribution in [2.45, 2.75) is 0 Å². The van der Waals surface area contributed by atoms with Crippen molar-refractivity contribution in [3.63, 3.8) is 0 Å². The van der Waals surface area contributed by atoms with Gasteiger partial charge in [-0.3, -0.25) is 0 Å². The Balaban J connectivity index is 0.000000605. The van der Waals surface area contributed by atoms with Gasteiger partial charge < -0.3 is 0 Å². The summed E-state index contributed by atoms with van der Waals surface area (Å²) in [6.07, 6.45) is 0. The Bertz CT molecular complexity index is 252. The normalized spacial score (nSPS) is 9.09. The van der Waals surface area contributed by atoms with Gasteiger partial charge >= 0.3 is 0 Å². The fraction of sp³-hybridized carbons (Fsp3) is 0. The van der Waals surface area contributed by atoms with Gasteiger partial charge in [-0.2, -0.15) is 10.4 Å². The SMILES string of the molecule is [Mn].n1nc(-c2nn[nH]n2)n[nH]1. The summed E-state index contributed by atoms with van der Waals surface area (Å²) in [5.74, 6) is 0.655. The van der Waals surface area contributed by atoms with E-state index in [4.69, 9.17) is 0 Å². The van der Waals surface area contributed by atoms with Gasteiger partial charge in [0.2, 0.25) is 11.6 Å². The number of rotatable bonds is 1. The van der Waals surface area contributed by atoms with Crippen LogP contribution >= 0.6 is 0 Å². The van der Waals surface area contributed by atoms with Crippen molar-refractivity contribution in [1.82, 2.24) is 41.2 Å². The average Bonchev–Trinajstić information content (AvgIpc) is 2.59. The number of nitrogens with zero attached hydrogens (tertiary/aromatic N) is 6. The Kier molecular flexibility index (Phi) is 2.24. The van der Waals surface area contributed by atoms with Gasteiger partial charge in [0.05, 0.1) is 0 Å². The molecule has 0 unspecified atom stereocenters. The van der Waals surface area contributed by atoms with E-state index in [1.165, 1.54) is 0 Å². The van der Waals surface area contributed by atoms with Gasteiger partial charge in [-0.15, -0.1) is 20.4 Å². The molecule has 0 spiro atoms. The fourth-order valence-corrected chi connectivity index (χ4v) is 0.513. The van der Waals surface area contributed by atoms with E-state index in [9.17, 15) is 0 Å². The summed E-state index contributed by atoms with van der Waals surface area (Å²) >= 11 is 0. The number of nitrogens with one attached hydrogen (secondary N) is 2. The Hall–Kier alpha value is -1.34. The van der Waals surface area contributed by atoms with Gasteiger partial charge in [0.15, 0.2) is 0 Å². The van der Waals surface area contributed by atoms with Gasteiger partial charge in [0.25, 0.3) is 0 Å². The van der Waals surface area contributed by atoms with Gasteiger partial charge in [-0.05, 0) is 10.4 Å². The third-order valence-electron chi connectivity index (χ3n) is 0.891. The summed E-state index contributed by atoms with van der Waals surface area (Å²) < 4.78 is 0. The molecular formula is C2H2MnN8. The molecule has 2 rings (SSSR count). The molecule has 0 fully saturated rings. The minimum Gasteiger partial charge on any atom is -0.177 e. The maximum absolute atomic E-state index is 3.63. The summed E-state index contributed by atoms with van der Waals surface area (Å²) in [6, 6.07) is 0. The van der Waals surface area contributed by atoms with E-state index in [1.807, 2.05) is 0 Å². The van der Waals surface area contributed by atoms with Crippen LogP contribution in [0.15, 0.2) is 0 Å². The Morgan fingerprint density at radius 2 is 1.27 bits per heavy atom. The molecular weight excluding hydrogens is 191 g/mol. The van der Waals surface area contributed by atoms with Crippen molar-refractivity contribution in [2.24, 2.45) is 0 Å². The second-order valence-electron chi connectivity index (χ2n) is 1.47. The first-order valence-corrected chi connectivity index (χ1v) is 2.44. The molecule has 0 atom stereocenters. The number of hydrogen-bond donors (Lipinski definition) is 2. The largest absolute Gasteiger partial charge is 0.245 e. The number of tetrazole rings is 2. The van der Waals surface area contributed by atoms with Gasteiger partial charge in [0, 0.05) is 17.1 Å². The van der Waals surface area contributed by atoms with E-state index >= 15 is 0 Å². The van der Waals surface area contributed by atoms with Gasteiger partial charge in [-0.1, -0.05) is 0 Å². The molecule has 0 amide bonds. The first-order valence-electron chi connectivity index (χ1n) is 2.44. The number of aromatic amines is 2. The van der Waals surface area contributed by atoms with Crippen LogP contribution in [0, 0.1) is 0 Å². The monoisotopic (exact) mass is 193 g/mol. The van der Waals surface area contributed by atoms with Crippen LogP contribution in [0.2, 0.25) is 0 Å². The van der Waals surface area contributed by atoms with Crippen LogP contribution in [-0.2, 0) is 17.1 Å². The summed E-state index contributed by atoms with van der Waals surface area (Å²) in [4.78, 5) is 0. The molecule has 2 heterocycles. The van der Waals surface area contributed by atoms with Gasteiger partial charge in [0.1, 0.15) is 0 Å². The van der Waals surface area contributed by atoms with Crippen LogP contribution in [0.25, 0.3) is 11.6 Å². The zero-order valence-corrected chi connectivity index (χ0v) is 6.24. The zero-order valence-electron chi connectivity index (χ0n) is 5.06. The third-order valence-corrected chi connectivity index (χ3v) is 0.891. The van der Waals surface area contributed by atoms with Crippen LogP contribution in [0.3, 0.4) is 0 Å². The zero-order chi connectivity index (χ0) is 6.81. The molecule has 0 aromatic carbocycles. The minimum atomic E-state index is 0. The molecule has 2 aromatic heterocycles. The van der Waals surface area contributed by atoms with Crippen LogP contribution in [0.4, 0.5) is 0 Å². The van der Waals surface area contributed by atoms with E-state index in [0.29, 0.717) is 11.6 Å². The van der Waals surface area contributed by atoms with Crippen LogP contribution in [-0.4, -0.2) is 41.2 Å². The summed E-state index contributed by atoms with van der Waals surface area (Å²) in [7, 11) is 0. The number of aromatic nitrogens is 8. The van der Waals surface area contributed by atoms with E-state index in [2.05, 4.69) is 41.2 Å². The van der Waals surface area contributed by atoms with Crippen molar-refractivity contribution in [3.05, 3.63) is 0 Å². The molecule has 1 radical (unpaired) electrons. The first-order chi connectivity index (χ1) is 4.97. The number of hydrogen-bond acceptors (Lipinski definition) is 6. The molecule has 57 valence electrons. The van der Waals surface area contributed by atoms with Crippen LogP contribution < -0.4 is 0 Å². The molecule has 8 nitrogen and oxygen atoms in total. The third kappa shape index (κ3) is 1.38. The fourth-order valence-electron chi connectivity index (χ4n) is 0.513. The predicted octanol–water partition coefficient (Wildman–Crippen LogP) is -1.62.